The molecule has 3 nitrogen and oxygen atoms in total. The van der Waals surface area contributed by atoms with E-state index < -0.39 is 5.85 Å². The van der Waals surface area contributed by atoms with Gasteiger partial charge in [0.15, 0.2) is 0 Å². The second-order valence-electron chi connectivity index (χ2n) is 1.66. The number of hydrogen-bond donors (Lipinski definition) is 2. The van der Waals surface area contributed by atoms with Crippen LogP contribution in [0.5, 0.6) is 0 Å². The Hall–Kier alpha value is -0.800. The van der Waals surface area contributed by atoms with Crippen LogP contribution in [0.3, 0.4) is 0 Å². The predicted octanol–water partition coefficient (Wildman–Crippen LogP) is -0.342. The Morgan fingerprint density at radius 3 is 2.25 bits per heavy atom. The van der Waals surface area contributed by atoms with Crippen LogP contribution in [0, 0.1) is 0 Å². The monoisotopic (exact) mass is 112 g/mol. The lowest BCUT2D eigenvalue weighted by Crippen LogP contribution is -2.49. The predicted molar refractivity (Wildman–Crippen MR) is 30.5 cm³/mol. The quantitative estimate of drug-likeness (QED) is 0.421. The molecule has 0 atom stereocenters. The first-order valence-corrected chi connectivity index (χ1v) is 2.31. The van der Waals surface area contributed by atoms with E-state index in [1.54, 1.807) is 18.2 Å². The summed E-state index contributed by atoms with van der Waals surface area (Å²) in [6.45, 7) is 0. The molecule has 0 aromatic rings. The molecule has 3 heteroatoms. The van der Waals surface area contributed by atoms with E-state index in [9.17, 15) is 0 Å². The molecular weight excluding hydrogens is 104 g/mol. The molecule has 0 unspecified atom stereocenters. The van der Waals surface area contributed by atoms with Gasteiger partial charge in [0.2, 0.25) is 5.85 Å². The molecule has 0 aromatic carbocycles. The standard InChI is InChI=1S/C5H8N2O/c6-5(7)3-1-2-4-8-5/h1-4H,6-7H2. The van der Waals surface area contributed by atoms with Crippen molar-refractivity contribution in [1.29, 1.82) is 0 Å². The summed E-state index contributed by atoms with van der Waals surface area (Å²) >= 11 is 0. The molecule has 0 aromatic heterocycles. The Labute approximate surface area is 47.6 Å². The first kappa shape index (κ1) is 5.34. The maximum atomic E-state index is 5.30. The maximum Gasteiger partial charge on any atom is 0.232 e. The Morgan fingerprint density at radius 2 is 2.00 bits per heavy atom. The van der Waals surface area contributed by atoms with Crippen LogP contribution in [-0.4, -0.2) is 5.85 Å². The Balaban J connectivity index is 2.65. The lowest BCUT2D eigenvalue weighted by Gasteiger charge is -2.20. The summed E-state index contributed by atoms with van der Waals surface area (Å²) in [6.07, 6.45) is 6.49. The lowest BCUT2D eigenvalue weighted by molar-refractivity contribution is 0.0777. The summed E-state index contributed by atoms with van der Waals surface area (Å²) < 4.78 is 4.75. The molecule has 0 saturated heterocycles. The van der Waals surface area contributed by atoms with Crippen LogP contribution in [0.1, 0.15) is 0 Å². The second-order valence-corrected chi connectivity index (χ2v) is 1.66. The molecule has 0 radical (unpaired) electrons. The minimum Gasteiger partial charge on any atom is -0.464 e. The van der Waals surface area contributed by atoms with Crippen molar-refractivity contribution in [2.75, 3.05) is 0 Å². The molecule has 8 heavy (non-hydrogen) atoms. The van der Waals surface area contributed by atoms with Crippen LogP contribution in [0.25, 0.3) is 0 Å². The van der Waals surface area contributed by atoms with Gasteiger partial charge in [0, 0.05) is 0 Å². The number of ether oxygens (including phenoxy) is 1. The van der Waals surface area contributed by atoms with Crippen molar-refractivity contribution in [2.45, 2.75) is 5.85 Å². The Kier molecular flexibility index (Phi) is 1.08. The van der Waals surface area contributed by atoms with E-state index in [4.69, 9.17) is 16.2 Å². The van der Waals surface area contributed by atoms with Gasteiger partial charge >= 0.3 is 0 Å². The highest BCUT2D eigenvalue weighted by atomic mass is 16.5. The molecule has 0 aliphatic carbocycles. The molecule has 0 saturated carbocycles. The van der Waals surface area contributed by atoms with Crippen molar-refractivity contribution in [2.24, 2.45) is 11.5 Å². The van der Waals surface area contributed by atoms with Crippen LogP contribution >= 0.6 is 0 Å². The van der Waals surface area contributed by atoms with Crippen molar-refractivity contribution in [3.05, 3.63) is 24.5 Å². The third-order valence-electron chi connectivity index (χ3n) is 0.819. The summed E-state index contributed by atoms with van der Waals surface area (Å²) in [5.41, 5.74) is 10.6. The van der Waals surface area contributed by atoms with Crippen molar-refractivity contribution >= 4 is 0 Å². The van der Waals surface area contributed by atoms with Crippen molar-refractivity contribution in [3.8, 4) is 0 Å². The van der Waals surface area contributed by atoms with Gasteiger partial charge in [0.25, 0.3) is 0 Å². The van der Waals surface area contributed by atoms with E-state index >= 15 is 0 Å². The van der Waals surface area contributed by atoms with Gasteiger partial charge in [-0.1, -0.05) is 6.08 Å². The molecule has 0 spiro atoms. The van der Waals surface area contributed by atoms with Crippen LogP contribution in [-0.2, 0) is 4.74 Å². The molecular formula is C5H8N2O. The van der Waals surface area contributed by atoms with Gasteiger partial charge < -0.3 is 4.74 Å². The average molecular weight is 112 g/mol. The van der Waals surface area contributed by atoms with Crippen molar-refractivity contribution < 1.29 is 4.74 Å². The maximum absolute atomic E-state index is 5.30. The fourth-order valence-electron chi connectivity index (χ4n) is 0.448. The van der Waals surface area contributed by atoms with Gasteiger partial charge in [-0.3, -0.25) is 11.5 Å². The van der Waals surface area contributed by atoms with Crippen LogP contribution in [0.2, 0.25) is 0 Å². The van der Waals surface area contributed by atoms with Gasteiger partial charge in [-0.25, -0.2) is 0 Å². The molecule has 1 rings (SSSR count). The third-order valence-corrected chi connectivity index (χ3v) is 0.819. The van der Waals surface area contributed by atoms with Crippen LogP contribution < -0.4 is 11.5 Å². The molecule has 44 valence electrons. The van der Waals surface area contributed by atoms with E-state index in [1.807, 2.05) is 0 Å². The minimum atomic E-state index is -1.09. The Morgan fingerprint density at radius 1 is 1.25 bits per heavy atom. The van der Waals surface area contributed by atoms with Gasteiger partial charge in [0.05, 0.1) is 6.26 Å². The second kappa shape index (κ2) is 1.61. The number of hydrogen-bond acceptors (Lipinski definition) is 3. The number of nitrogens with two attached hydrogens (primary N) is 2. The van der Waals surface area contributed by atoms with Crippen molar-refractivity contribution in [3.63, 3.8) is 0 Å². The zero-order valence-electron chi connectivity index (χ0n) is 4.37. The van der Waals surface area contributed by atoms with E-state index in [2.05, 4.69) is 0 Å². The van der Waals surface area contributed by atoms with Gasteiger partial charge in [-0.05, 0) is 12.2 Å². The highest BCUT2D eigenvalue weighted by Gasteiger charge is 2.14. The molecule has 0 fully saturated rings. The lowest BCUT2D eigenvalue weighted by atomic mass is 10.3. The zero-order valence-corrected chi connectivity index (χ0v) is 4.37. The first-order valence-electron chi connectivity index (χ1n) is 2.31. The van der Waals surface area contributed by atoms with Crippen LogP contribution in [0.15, 0.2) is 24.5 Å². The fraction of sp³-hybridized carbons (Fsp3) is 0.200. The largest absolute Gasteiger partial charge is 0.464 e. The molecule has 1 aliphatic rings. The topological polar surface area (TPSA) is 61.3 Å². The van der Waals surface area contributed by atoms with Crippen molar-refractivity contribution in [1.82, 2.24) is 0 Å². The summed E-state index contributed by atoms with van der Waals surface area (Å²) in [7, 11) is 0. The highest BCUT2D eigenvalue weighted by Crippen LogP contribution is 2.01. The van der Waals surface area contributed by atoms with Crippen LogP contribution in [0.4, 0.5) is 0 Å². The molecule has 1 heterocycles. The molecule has 4 N–H and O–H groups in total. The summed E-state index contributed by atoms with van der Waals surface area (Å²) in [5.74, 6) is -1.09. The summed E-state index contributed by atoms with van der Waals surface area (Å²) in [4.78, 5) is 0. The first-order chi connectivity index (χ1) is 3.71. The average Bonchev–Trinajstić information content (AvgIpc) is 1.65. The normalized spacial score (nSPS) is 22.8. The summed E-state index contributed by atoms with van der Waals surface area (Å²) in [6, 6.07) is 0. The smallest absolute Gasteiger partial charge is 0.232 e. The van der Waals surface area contributed by atoms with E-state index in [0.717, 1.165) is 0 Å². The number of rotatable bonds is 0. The zero-order chi connectivity index (χ0) is 6.04. The molecule has 0 amide bonds. The van der Waals surface area contributed by atoms with E-state index in [0.29, 0.717) is 0 Å². The minimum absolute atomic E-state index is 1.09. The Bertz CT molecular complexity index is 137. The highest BCUT2D eigenvalue weighted by molar-refractivity contribution is 5.10. The van der Waals surface area contributed by atoms with Gasteiger partial charge in [-0.2, -0.15) is 0 Å². The van der Waals surface area contributed by atoms with Gasteiger partial charge in [0.1, 0.15) is 0 Å². The SMILES string of the molecule is NC1(N)C=CC=CO1. The summed E-state index contributed by atoms with van der Waals surface area (Å²) in [5, 5.41) is 0. The van der Waals surface area contributed by atoms with E-state index in [1.165, 1.54) is 6.26 Å². The molecule has 1 aliphatic heterocycles. The molecule has 0 bridgehead atoms. The van der Waals surface area contributed by atoms with E-state index in [-0.39, 0.29) is 0 Å². The third kappa shape index (κ3) is 1.08. The van der Waals surface area contributed by atoms with Gasteiger partial charge in [-0.15, -0.1) is 0 Å². The fourth-order valence-corrected chi connectivity index (χ4v) is 0.448. The number of allylic oxidation sites excluding steroid dienone is 2.